The van der Waals surface area contributed by atoms with Crippen LogP contribution in [0.1, 0.15) is 53.9 Å². The molecule has 0 spiro atoms. The predicted octanol–water partition coefficient (Wildman–Crippen LogP) is 2.30. The number of nitrogens with two attached hydrogens (primary N) is 1. The van der Waals surface area contributed by atoms with Crippen LogP contribution in [0, 0.1) is 5.92 Å². The van der Waals surface area contributed by atoms with Gasteiger partial charge in [-0.2, -0.15) is 0 Å². The van der Waals surface area contributed by atoms with E-state index in [-0.39, 0.29) is 17.6 Å². The molecule has 1 aliphatic rings. The maximum Gasteiger partial charge on any atom is 0.410 e. The van der Waals surface area contributed by atoms with Gasteiger partial charge in [0, 0.05) is 12.1 Å². The summed E-state index contributed by atoms with van der Waals surface area (Å²) in [5, 5.41) is 0. The molecule has 6 heteroatoms. The van der Waals surface area contributed by atoms with E-state index in [1.54, 1.807) is 4.90 Å². The van der Waals surface area contributed by atoms with Crippen molar-refractivity contribution in [2.45, 2.75) is 71.1 Å². The van der Waals surface area contributed by atoms with Gasteiger partial charge in [0.05, 0.1) is 7.11 Å². The van der Waals surface area contributed by atoms with E-state index in [0.717, 1.165) is 12.8 Å². The lowest BCUT2D eigenvalue weighted by Crippen LogP contribution is -2.45. The van der Waals surface area contributed by atoms with E-state index in [2.05, 4.69) is 4.74 Å². The lowest BCUT2D eigenvalue weighted by molar-refractivity contribution is -0.142. The van der Waals surface area contributed by atoms with E-state index < -0.39 is 11.6 Å². The average molecular weight is 314 g/mol. The van der Waals surface area contributed by atoms with Crippen molar-refractivity contribution in [3.63, 3.8) is 0 Å². The van der Waals surface area contributed by atoms with Gasteiger partial charge in [0.1, 0.15) is 11.6 Å². The zero-order valence-corrected chi connectivity index (χ0v) is 14.6. The first-order chi connectivity index (χ1) is 9.96. The molecule has 0 aromatic carbocycles. The molecule has 0 saturated carbocycles. The molecule has 1 fully saturated rings. The molecule has 0 aromatic rings. The summed E-state index contributed by atoms with van der Waals surface area (Å²) in [5.41, 5.74) is 5.02. The van der Waals surface area contributed by atoms with Gasteiger partial charge < -0.3 is 20.1 Å². The quantitative estimate of drug-likeness (QED) is 0.805. The van der Waals surface area contributed by atoms with Gasteiger partial charge in [0.2, 0.25) is 0 Å². The molecular formula is C16H30N2O4. The van der Waals surface area contributed by atoms with Gasteiger partial charge in [-0.1, -0.05) is 0 Å². The Morgan fingerprint density at radius 1 is 1.36 bits per heavy atom. The van der Waals surface area contributed by atoms with Crippen LogP contribution in [-0.2, 0) is 14.3 Å². The molecule has 1 rings (SSSR count). The molecule has 2 unspecified atom stereocenters. The summed E-state index contributed by atoms with van der Waals surface area (Å²) in [4.78, 5) is 25.4. The number of nitrogens with zero attached hydrogens (tertiary/aromatic N) is 1. The minimum atomic E-state index is -0.594. The second-order valence-electron chi connectivity index (χ2n) is 7.68. The summed E-state index contributed by atoms with van der Waals surface area (Å²) in [6.07, 6.45) is 1.95. The van der Waals surface area contributed by atoms with Crippen molar-refractivity contribution < 1.29 is 19.1 Å². The standard InChI is InChI=1S/C16H30N2O4/c1-15(2,3)22-14(20)18-10-11(9-16(18,4)5)7-8-12(17)13(19)21-6/h11-12H,7-10,17H2,1-6H3. The van der Waals surface area contributed by atoms with Crippen LogP contribution >= 0.6 is 0 Å². The van der Waals surface area contributed by atoms with Crippen LogP contribution in [0.4, 0.5) is 4.79 Å². The van der Waals surface area contributed by atoms with Gasteiger partial charge in [-0.3, -0.25) is 4.79 Å². The number of rotatable bonds is 4. The molecule has 0 aliphatic carbocycles. The lowest BCUT2D eigenvalue weighted by atomic mass is 9.92. The van der Waals surface area contributed by atoms with Crippen LogP contribution in [0.25, 0.3) is 0 Å². The number of hydrogen-bond donors (Lipinski definition) is 1. The Hall–Kier alpha value is -1.30. The highest BCUT2D eigenvalue weighted by atomic mass is 16.6. The van der Waals surface area contributed by atoms with Gasteiger partial charge in [0.15, 0.2) is 0 Å². The zero-order chi connectivity index (χ0) is 17.1. The number of hydrogen-bond acceptors (Lipinski definition) is 5. The van der Waals surface area contributed by atoms with Crippen molar-refractivity contribution in [2.75, 3.05) is 13.7 Å². The van der Waals surface area contributed by atoms with E-state index in [1.165, 1.54) is 7.11 Å². The smallest absolute Gasteiger partial charge is 0.410 e. The molecule has 1 heterocycles. The first-order valence-electron chi connectivity index (χ1n) is 7.80. The Balaban J connectivity index is 2.59. The van der Waals surface area contributed by atoms with Crippen molar-refractivity contribution in [1.82, 2.24) is 4.90 Å². The van der Waals surface area contributed by atoms with E-state index in [1.807, 2.05) is 34.6 Å². The molecule has 22 heavy (non-hydrogen) atoms. The number of carbonyl (C=O) groups excluding carboxylic acids is 2. The third-order valence-electron chi connectivity index (χ3n) is 3.96. The fourth-order valence-electron chi connectivity index (χ4n) is 2.90. The topological polar surface area (TPSA) is 81.9 Å². The van der Waals surface area contributed by atoms with Crippen LogP contribution < -0.4 is 5.73 Å². The van der Waals surface area contributed by atoms with Gasteiger partial charge in [-0.25, -0.2) is 4.79 Å². The highest BCUT2D eigenvalue weighted by molar-refractivity contribution is 5.75. The maximum absolute atomic E-state index is 12.3. The zero-order valence-electron chi connectivity index (χ0n) is 14.6. The SMILES string of the molecule is COC(=O)C(N)CCC1CN(C(=O)OC(C)(C)C)C(C)(C)C1. The van der Waals surface area contributed by atoms with E-state index in [9.17, 15) is 9.59 Å². The molecule has 0 bridgehead atoms. The summed E-state index contributed by atoms with van der Waals surface area (Å²) in [5.74, 6) is -0.0699. The first kappa shape index (κ1) is 18.7. The molecule has 2 N–H and O–H groups in total. The minimum absolute atomic E-state index is 0.248. The van der Waals surface area contributed by atoms with E-state index in [4.69, 9.17) is 10.5 Å². The summed E-state index contributed by atoms with van der Waals surface area (Å²) in [7, 11) is 1.34. The highest BCUT2D eigenvalue weighted by Crippen LogP contribution is 2.36. The number of methoxy groups -OCH3 is 1. The van der Waals surface area contributed by atoms with Crippen LogP contribution in [0.3, 0.4) is 0 Å². The van der Waals surface area contributed by atoms with Gasteiger partial charge in [0.25, 0.3) is 0 Å². The number of amides is 1. The normalized spacial score (nSPS) is 22.3. The molecular weight excluding hydrogens is 284 g/mol. The largest absolute Gasteiger partial charge is 0.468 e. The second kappa shape index (κ2) is 6.86. The molecule has 0 aromatic heterocycles. The number of ether oxygens (including phenoxy) is 2. The Morgan fingerprint density at radius 3 is 2.45 bits per heavy atom. The third kappa shape index (κ3) is 5.16. The van der Waals surface area contributed by atoms with Crippen LogP contribution in [0.2, 0.25) is 0 Å². The molecule has 0 radical (unpaired) electrons. The van der Waals surface area contributed by atoms with Crippen molar-refractivity contribution in [3.05, 3.63) is 0 Å². The molecule has 6 nitrogen and oxygen atoms in total. The van der Waals surface area contributed by atoms with E-state index in [0.29, 0.717) is 18.9 Å². The Labute approximate surface area is 133 Å². The summed E-state index contributed by atoms with van der Waals surface area (Å²) >= 11 is 0. The average Bonchev–Trinajstić information content (AvgIpc) is 2.68. The van der Waals surface area contributed by atoms with Gasteiger partial charge >= 0.3 is 12.1 Å². The monoisotopic (exact) mass is 314 g/mol. The Bertz CT molecular complexity index is 415. The van der Waals surface area contributed by atoms with Gasteiger partial charge in [-0.05, 0) is 59.8 Å². The van der Waals surface area contributed by atoms with Crippen molar-refractivity contribution in [2.24, 2.45) is 11.7 Å². The van der Waals surface area contributed by atoms with Crippen molar-refractivity contribution in [3.8, 4) is 0 Å². The van der Waals surface area contributed by atoms with Crippen LogP contribution in [-0.4, -0.2) is 47.8 Å². The summed E-state index contributed by atoms with van der Waals surface area (Å²) in [6, 6.07) is -0.594. The van der Waals surface area contributed by atoms with Crippen molar-refractivity contribution >= 4 is 12.1 Å². The third-order valence-corrected chi connectivity index (χ3v) is 3.96. The second-order valence-corrected chi connectivity index (χ2v) is 7.68. The first-order valence-corrected chi connectivity index (χ1v) is 7.80. The molecule has 1 saturated heterocycles. The Kier molecular flexibility index (Phi) is 5.84. The minimum Gasteiger partial charge on any atom is -0.468 e. The van der Waals surface area contributed by atoms with Gasteiger partial charge in [-0.15, -0.1) is 0 Å². The molecule has 1 aliphatic heterocycles. The maximum atomic E-state index is 12.3. The number of carbonyl (C=O) groups is 2. The fourth-order valence-corrected chi connectivity index (χ4v) is 2.90. The van der Waals surface area contributed by atoms with Crippen LogP contribution in [0.15, 0.2) is 0 Å². The Morgan fingerprint density at radius 2 is 1.95 bits per heavy atom. The highest BCUT2D eigenvalue weighted by Gasteiger charge is 2.42. The molecule has 1 amide bonds. The van der Waals surface area contributed by atoms with Crippen LogP contribution in [0.5, 0.6) is 0 Å². The number of likely N-dealkylation sites (tertiary alicyclic amines) is 1. The van der Waals surface area contributed by atoms with Crippen molar-refractivity contribution in [1.29, 1.82) is 0 Å². The predicted molar refractivity (Wildman–Crippen MR) is 84.4 cm³/mol. The van der Waals surface area contributed by atoms with E-state index >= 15 is 0 Å². The molecule has 2 atom stereocenters. The lowest BCUT2D eigenvalue weighted by Gasteiger charge is -2.33. The fraction of sp³-hybridized carbons (Fsp3) is 0.875. The summed E-state index contributed by atoms with van der Waals surface area (Å²) < 4.78 is 10.1. The number of esters is 1. The summed E-state index contributed by atoms with van der Waals surface area (Å²) in [6.45, 7) is 10.3. The molecule has 128 valence electrons.